The highest BCUT2D eigenvalue weighted by Crippen LogP contribution is 2.27. The molecule has 0 aliphatic heterocycles. The zero-order valence-electron chi connectivity index (χ0n) is 10.3. The molecule has 0 spiro atoms. The lowest BCUT2D eigenvalue weighted by atomic mass is 10.1. The Balaban J connectivity index is 2.64. The minimum atomic E-state index is 0.481. The molecule has 17 heavy (non-hydrogen) atoms. The summed E-state index contributed by atoms with van der Waals surface area (Å²) in [6.07, 6.45) is 0. The molecular weight excluding hydrogens is 278 g/mol. The molecule has 1 aromatic heterocycles. The second-order valence-electron chi connectivity index (χ2n) is 4.25. The van der Waals surface area contributed by atoms with Gasteiger partial charge in [-0.05, 0) is 41.4 Å². The minimum absolute atomic E-state index is 0.481. The summed E-state index contributed by atoms with van der Waals surface area (Å²) in [6, 6.07) is 6.39. The summed E-state index contributed by atoms with van der Waals surface area (Å²) in [5, 5.41) is 0. The van der Waals surface area contributed by atoms with E-state index in [9.17, 15) is 0 Å². The van der Waals surface area contributed by atoms with Gasteiger partial charge in [-0.25, -0.2) is 4.98 Å². The fourth-order valence-corrected chi connectivity index (χ4v) is 2.53. The van der Waals surface area contributed by atoms with Gasteiger partial charge in [-0.3, -0.25) is 0 Å². The molecule has 2 aromatic rings. The third kappa shape index (κ3) is 2.15. The highest BCUT2D eigenvalue weighted by atomic mass is 79.9. The van der Waals surface area contributed by atoms with Crippen molar-refractivity contribution in [2.24, 2.45) is 12.8 Å². The van der Waals surface area contributed by atoms with Gasteiger partial charge in [0.15, 0.2) is 0 Å². The van der Waals surface area contributed by atoms with Crippen molar-refractivity contribution in [1.29, 1.82) is 0 Å². The molecule has 2 N–H and O–H groups in total. The van der Waals surface area contributed by atoms with Crippen LogP contribution in [0.15, 0.2) is 22.8 Å². The molecule has 0 unspecified atom stereocenters. The molecule has 0 atom stereocenters. The predicted octanol–water partition coefficient (Wildman–Crippen LogP) is 2.93. The summed E-state index contributed by atoms with van der Waals surface area (Å²) >= 11 is 3.46. The van der Waals surface area contributed by atoms with Gasteiger partial charge in [-0.2, -0.15) is 0 Å². The van der Waals surface area contributed by atoms with Crippen LogP contribution in [0.3, 0.4) is 0 Å². The summed E-state index contributed by atoms with van der Waals surface area (Å²) in [5.41, 5.74) is 10.4. The summed E-state index contributed by atoms with van der Waals surface area (Å²) in [4.78, 5) is 4.55. The van der Waals surface area contributed by atoms with Crippen molar-refractivity contribution in [3.8, 4) is 11.4 Å². The van der Waals surface area contributed by atoms with Gasteiger partial charge in [-0.15, -0.1) is 0 Å². The van der Waals surface area contributed by atoms with Crippen LogP contribution in [0.4, 0.5) is 0 Å². The van der Waals surface area contributed by atoms with E-state index in [1.54, 1.807) is 0 Å². The van der Waals surface area contributed by atoms with Crippen LogP contribution in [0.25, 0.3) is 11.4 Å². The number of rotatable bonds is 2. The van der Waals surface area contributed by atoms with Gasteiger partial charge in [0.25, 0.3) is 0 Å². The van der Waals surface area contributed by atoms with Gasteiger partial charge < -0.3 is 10.3 Å². The third-order valence-corrected chi connectivity index (χ3v) is 3.63. The van der Waals surface area contributed by atoms with E-state index in [0.717, 1.165) is 21.7 Å². The van der Waals surface area contributed by atoms with E-state index in [4.69, 9.17) is 5.73 Å². The highest BCUT2D eigenvalue weighted by molar-refractivity contribution is 9.10. The van der Waals surface area contributed by atoms with E-state index in [0.29, 0.717) is 6.54 Å². The predicted molar refractivity (Wildman–Crippen MR) is 73.7 cm³/mol. The van der Waals surface area contributed by atoms with E-state index >= 15 is 0 Å². The molecule has 4 heteroatoms. The van der Waals surface area contributed by atoms with Crippen LogP contribution >= 0.6 is 15.9 Å². The average Bonchev–Trinajstić information content (AvgIpc) is 2.57. The lowest BCUT2D eigenvalue weighted by Crippen LogP contribution is -2.05. The Morgan fingerprint density at radius 3 is 2.65 bits per heavy atom. The first-order valence-electron chi connectivity index (χ1n) is 5.53. The second-order valence-corrected chi connectivity index (χ2v) is 5.01. The Morgan fingerprint density at radius 2 is 2.06 bits per heavy atom. The van der Waals surface area contributed by atoms with Crippen molar-refractivity contribution in [1.82, 2.24) is 9.55 Å². The monoisotopic (exact) mass is 293 g/mol. The molecule has 0 bridgehead atoms. The Kier molecular flexibility index (Phi) is 3.35. The smallest absolute Gasteiger partial charge is 0.141 e. The molecule has 90 valence electrons. The SMILES string of the molecule is Cc1ccc(C)c(-c2nc(Br)c(CN)n2C)c1. The number of halogens is 1. The maximum Gasteiger partial charge on any atom is 0.141 e. The van der Waals surface area contributed by atoms with Crippen LogP contribution in [0.5, 0.6) is 0 Å². The lowest BCUT2D eigenvalue weighted by Gasteiger charge is -2.08. The van der Waals surface area contributed by atoms with E-state index in [-0.39, 0.29) is 0 Å². The standard InChI is InChI=1S/C13H16BrN3/c1-8-4-5-9(2)10(6-8)13-16-12(14)11(7-15)17(13)3/h4-6H,7,15H2,1-3H3. The van der Waals surface area contributed by atoms with Crippen molar-refractivity contribution in [2.45, 2.75) is 20.4 Å². The van der Waals surface area contributed by atoms with E-state index in [1.807, 2.05) is 11.6 Å². The zero-order chi connectivity index (χ0) is 12.6. The first-order valence-corrected chi connectivity index (χ1v) is 6.32. The molecule has 0 saturated carbocycles. The van der Waals surface area contributed by atoms with Crippen LogP contribution in [0.2, 0.25) is 0 Å². The van der Waals surface area contributed by atoms with Crippen LogP contribution in [0, 0.1) is 13.8 Å². The topological polar surface area (TPSA) is 43.8 Å². The molecule has 0 aliphatic carbocycles. The second kappa shape index (κ2) is 4.63. The fourth-order valence-electron chi connectivity index (χ4n) is 1.94. The van der Waals surface area contributed by atoms with E-state index in [2.05, 4.69) is 53.0 Å². The molecule has 0 fully saturated rings. The largest absolute Gasteiger partial charge is 0.329 e. The molecule has 1 aromatic carbocycles. The highest BCUT2D eigenvalue weighted by Gasteiger charge is 2.14. The quantitative estimate of drug-likeness (QED) is 0.925. The molecule has 3 nitrogen and oxygen atoms in total. The summed E-state index contributed by atoms with van der Waals surface area (Å²) < 4.78 is 2.88. The number of aromatic nitrogens is 2. The first-order chi connectivity index (χ1) is 8.04. The number of nitrogens with two attached hydrogens (primary N) is 1. The molecule has 2 rings (SSSR count). The maximum atomic E-state index is 5.72. The number of hydrogen-bond donors (Lipinski definition) is 1. The van der Waals surface area contributed by atoms with Crippen molar-refractivity contribution in [2.75, 3.05) is 0 Å². The van der Waals surface area contributed by atoms with Gasteiger partial charge >= 0.3 is 0 Å². The van der Waals surface area contributed by atoms with Gasteiger partial charge in [-0.1, -0.05) is 17.7 Å². The van der Waals surface area contributed by atoms with Crippen LogP contribution < -0.4 is 5.73 Å². The molecule has 1 heterocycles. The van der Waals surface area contributed by atoms with Gasteiger partial charge in [0.2, 0.25) is 0 Å². The Bertz CT molecular complexity index is 558. The Morgan fingerprint density at radius 1 is 1.35 bits per heavy atom. The van der Waals surface area contributed by atoms with Crippen molar-refractivity contribution < 1.29 is 0 Å². The minimum Gasteiger partial charge on any atom is -0.329 e. The van der Waals surface area contributed by atoms with Crippen molar-refractivity contribution >= 4 is 15.9 Å². The number of hydrogen-bond acceptors (Lipinski definition) is 2. The average molecular weight is 294 g/mol. The summed E-state index contributed by atoms with van der Waals surface area (Å²) in [6.45, 7) is 4.67. The van der Waals surface area contributed by atoms with Gasteiger partial charge in [0.05, 0.1) is 5.69 Å². The van der Waals surface area contributed by atoms with Crippen LogP contribution in [-0.2, 0) is 13.6 Å². The van der Waals surface area contributed by atoms with E-state index in [1.165, 1.54) is 11.1 Å². The third-order valence-electron chi connectivity index (χ3n) is 2.99. The normalized spacial score (nSPS) is 10.9. The van der Waals surface area contributed by atoms with Crippen molar-refractivity contribution in [3.63, 3.8) is 0 Å². The molecule has 0 aliphatic rings. The molecule has 0 amide bonds. The van der Waals surface area contributed by atoms with Crippen LogP contribution in [-0.4, -0.2) is 9.55 Å². The Labute approximate surface area is 110 Å². The number of imidazole rings is 1. The summed E-state index contributed by atoms with van der Waals surface area (Å²) in [7, 11) is 2.00. The van der Waals surface area contributed by atoms with Gasteiger partial charge in [0.1, 0.15) is 10.4 Å². The van der Waals surface area contributed by atoms with Crippen LogP contribution in [0.1, 0.15) is 16.8 Å². The number of nitrogens with zero attached hydrogens (tertiary/aromatic N) is 2. The fraction of sp³-hybridized carbons (Fsp3) is 0.308. The van der Waals surface area contributed by atoms with E-state index < -0.39 is 0 Å². The lowest BCUT2D eigenvalue weighted by molar-refractivity contribution is 0.824. The molecule has 0 saturated heterocycles. The Hall–Kier alpha value is -1.13. The maximum absolute atomic E-state index is 5.72. The zero-order valence-corrected chi connectivity index (χ0v) is 11.9. The number of benzene rings is 1. The number of aryl methyl sites for hydroxylation is 2. The van der Waals surface area contributed by atoms with Gasteiger partial charge in [0, 0.05) is 19.2 Å². The molecular formula is C13H16BrN3. The summed E-state index contributed by atoms with van der Waals surface area (Å²) in [5.74, 6) is 0.957. The van der Waals surface area contributed by atoms with Crippen molar-refractivity contribution in [3.05, 3.63) is 39.6 Å². The molecule has 0 radical (unpaired) electrons. The first kappa shape index (κ1) is 12.3.